The van der Waals surface area contributed by atoms with Gasteiger partial charge >= 0.3 is 0 Å². The van der Waals surface area contributed by atoms with E-state index in [4.69, 9.17) is 0 Å². The predicted molar refractivity (Wildman–Crippen MR) is 211 cm³/mol. The Balaban J connectivity index is 0.955. The quantitative estimate of drug-likeness (QED) is 0.122. The molecule has 1 aliphatic carbocycles. The lowest BCUT2D eigenvalue weighted by molar-refractivity contribution is -0.144. The SMILES string of the molecule is Cc1ncsc1-c1ccc(CNC(=O)[C@@H]2C[C@@H](O)CN2C(=O)[C@@H](NC(=O)CNC(=O)[C@H]2CCc3[nH]c4nnc(-c5ccccc5O)cc4c3C2)C(C)(C)C)cc1. The fraction of sp³-hybridized carbons (Fsp3) is 0.390. The molecule has 0 spiro atoms. The van der Waals surface area contributed by atoms with Crippen molar-refractivity contribution < 1.29 is 29.4 Å². The van der Waals surface area contributed by atoms with Crippen molar-refractivity contribution >= 4 is 46.0 Å². The number of thiazole rings is 1. The van der Waals surface area contributed by atoms with Crippen molar-refractivity contribution in [3.8, 4) is 27.4 Å². The molecular formula is C41H46N8O6S. The van der Waals surface area contributed by atoms with E-state index in [-0.39, 0.29) is 37.7 Å². The zero-order valence-electron chi connectivity index (χ0n) is 31.8. The number of H-pyrrole nitrogens is 1. The van der Waals surface area contributed by atoms with Crippen molar-refractivity contribution in [3.63, 3.8) is 0 Å². The van der Waals surface area contributed by atoms with Gasteiger partial charge in [-0.3, -0.25) is 19.2 Å². The molecule has 14 nitrogen and oxygen atoms in total. The van der Waals surface area contributed by atoms with Gasteiger partial charge in [0.25, 0.3) is 0 Å². The number of hydrogen-bond donors (Lipinski definition) is 6. The van der Waals surface area contributed by atoms with Crippen LogP contribution in [0.4, 0.5) is 0 Å². The van der Waals surface area contributed by atoms with Crippen LogP contribution >= 0.6 is 11.3 Å². The summed E-state index contributed by atoms with van der Waals surface area (Å²) in [6.45, 7) is 7.24. The third kappa shape index (κ3) is 8.14. The number of amides is 4. The molecule has 0 radical (unpaired) electrons. The second kappa shape index (κ2) is 15.8. The molecule has 5 aromatic rings. The molecule has 0 bridgehead atoms. The number of phenolic OH excluding ortho intramolecular Hbond substituents is 1. The van der Waals surface area contributed by atoms with Crippen molar-refractivity contribution in [2.24, 2.45) is 11.3 Å². The van der Waals surface area contributed by atoms with Crippen LogP contribution in [0.5, 0.6) is 5.75 Å². The number of carbonyl (C=O) groups excluding carboxylic acids is 4. The van der Waals surface area contributed by atoms with E-state index >= 15 is 0 Å². The zero-order valence-corrected chi connectivity index (χ0v) is 32.6. The number of hydrogen-bond acceptors (Lipinski definition) is 10. The number of aryl methyl sites for hydroxylation is 2. The predicted octanol–water partition coefficient (Wildman–Crippen LogP) is 3.79. The average molecular weight is 779 g/mol. The van der Waals surface area contributed by atoms with Crippen LogP contribution in [-0.2, 0) is 38.6 Å². The molecule has 1 fully saturated rings. The van der Waals surface area contributed by atoms with E-state index in [2.05, 4.69) is 36.1 Å². The summed E-state index contributed by atoms with van der Waals surface area (Å²) in [6, 6.07) is 14.6. The number of aromatic nitrogens is 4. The summed E-state index contributed by atoms with van der Waals surface area (Å²) in [5, 5.41) is 38.9. The van der Waals surface area contributed by atoms with Crippen molar-refractivity contribution in [3.05, 3.63) is 82.6 Å². The van der Waals surface area contributed by atoms with Gasteiger partial charge < -0.3 is 36.0 Å². The van der Waals surface area contributed by atoms with Gasteiger partial charge in [-0.05, 0) is 66.5 Å². The Morgan fingerprint density at radius 2 is 1.80 bits per heavy atom. The topological polar surface area (TPSA) is 203 Å². The average Bonchev–Trinajstić information content (AvgIpc) is 3.90. The van der Waals surface area contributed by atoms with E-state index in [0.717, 1.165) is 38.3 Å². The van der Waals surface area contributed by atoms with Gasteiger partial charge in [0.15, 0.2) is 5.65 Å². The third-order valence-corrected chi connectivity index (χ3v) is 11.6. The number of para-hydroxylation sites is 1. The molecule has 0 saturated carbocycles. The van der Waals surface area contributed by atoms with Gasteiger partial charge in [0.1, 0.15) is 17.8 Å². The van der Waals surface area contributed by atoms with Gasteiger partial charge in [0, 0.05) is 42.1 Å². The van der Waals surface area contributed by atoms with E-state index in [0.29, 0.717) is 36.2 Å². The third-order valence-electron chi connectivity index (χ3n) is 10.6. The van der Waals surface area contributed by atoms with E-state index in [1.165, 1.54) is 4.90 Å². The second-order valence-corrected chi connectivity index (χ2v) is 16.5. The molecule has 6 N–H and O–H groups in total. The number of fused-ring (bicyclic) bond motifs is 3. The number of rotatable bonds is 10. The number of aliphatic hydroxyl groups excluding tert-OH is 1. The molecule has 1 saturated heterocycles. The lowest BCUT2D eigenvalue weighted by Gasteiger charge is -2.35. The first-order valence-corrected chi connectivity index (χ1v) is 19.6. The van der Waals surface area contributed by atoms with Gasteiger partial charge in [-0.15, -0.1) is 21.5 Å². The van der Waals surface area contributed by atoms with Crippen molar-refractivity contribution in [1.29, 1.82) is 0 Å². The number of nitrogens with zero attached hydrogens (tertiary/aromatic N) is 4. The maximum Gasteiger partial charge on any atom is 0.246 e. The normalized spacial score (nSPS) is 18.7. The summed E-state index contributed by atoms with van der Waals surface area (Å²) < 4.78 is 0. The Kier molecular flexibility index (Phi) is 10.9. The summed E-state index contributed by atoms with van der Waals surface area (Å²) >= 11 is 1.57. The number of aromatic amines is 1. The zero-order chi connectivity index (χ0) is 39.7. The van der Waals surface area contributed by atoms with Gasteiger partial charge in [-0.1, -0.05) is 57.2 Å². The van der Waals surface area contributed by atoms with Crippen LogP contribution in [0.25, 0.3) is 32.7 Å². The maximum absolute atomic E-state index is 14.1. The number of β-amino-alcohol motifs (C(OH)–C–C–N with tert-alkyl or cyclic N) is 1. The van der Waals surface area contributed by atoms with E-state index < -0.39 is 47.2 Å². The van der Waals surface area contributed by atoms with E-state index in [1.807, 2.05) is 64.1 Å². The molecular weight excluding hydrogens is 733 g/mol. The lowest BCUT2D eigenvalue weighted by atomic mass is 9.85. The first kappa shape index (κ1) is 38.6. The summed E-state index contributed by atoms with van der Waals surface area (Å²) in [4.78, 5) is 64.3. The van der Waals surface area contributed by atoms with Crippen molar-refractivity contribution in [2.45, 2.75) is 78.1 Å². The molecule has 4 atom stereocenters. The molecule has 56 heavy (non-hydrogen) atoms. The van der Waals surface area contributed by atoms with Crippen LogP contribution < -0.4 is 16.0 Å². The van der Waals surface area contributed by atoms with E-state index in [1.54, 1.807) is 35.0 Å². The Morgan fingerprint density at radius 1 is 1.04 bits per heavy atom. The highest BCUT2D eigenvalue weighted by Crippen LogP contribution is 2.35. The smallest absolute Gasteiger partial charge is 0.246 e. The van der Waals surface area contributed by atoms with Crippen LogP contribution in [-0.4, -0.2) is 90.2 Å². The number of phenols is 1. The van der Waals surface area contributed by atoms with Crippen molar-refractivity contribution in [2.75, 3.05) is 13.1 Å². The van der Waals surface area contributed by atoms with Gasteiger partial charge in [0.05, 0.1) is 34.4 Å². The number of carbonyl (C=O) groups is 4. The first-order chi connectivity index (χ1) is 26.8. The minimum absolute atomic E-state index is 0.0455. The molecule has 2 aromatic carbocycles. The number of aromatic hydroxyl groups is 1. The highest BCUT2D eigenvalue weighted by atomic mass is 32.1. The molecule has 292 valence electrons. The Morgan fingerprint density at radius 3 is 2.52 bits per heavy atom. The highest BCUT2D eigenvalue weighted by molar-refractivity contribution is 7.13. The lowest BCUT2D eigenvalue weighted by Crippen LogP contribution is -2.58. The summed E-state index contributed by atoms with van der Waals surface area (Å²) in [6.07, 6.45) is 0.776. The second-order valence-electron chi connectivity index (χ2n) is 15.7. The minimum Gasteiger partial charge on any atom is -0.507 e. The van der Waals surface area contributed by atoms with Crippen LogP contribution in [0.1, 0.15) is 56.1 Å². The van der Waals surface area contributed by atoms with Gasteiger partial charge in [-0.25, -0.2) is 4.98 Å². The van der Waals surface area contributed by atoms with Crippen LogP contribution in [0.2, 0.25) is 0 Å². The van der Waals surface area contributed by atoms with Crippen LogP contribution in [0.15, 0.2) is 60.1 Å². The minimum atomic E-state index is -1.03. The Bertz CT molecular complexity index is 2280. The molecule has 4 amide bonds. The first-order valence-electron chi connectivity index (χ1n) is 18.7. The number of aliphatic hydroxyl groups is 1. The highest BCUT2D eigenvalue weighted by Gasteiger charge is 2.44. The summed E-state index contributed by atoms with van der Waals surface area (Å²) in [5.41, 5.74) is 7.54. The molecule has 7 rings (SSSR count). The number of likely N-dealkylation sites (tertiary alicyclic amines) is 1. The Hall–Kier alpha value is -5.67. The van der Waals surface area contributed by atoms with Gasteiger partial charge in [-0.2, -0.15) is 0 Å². The standard InChI is InChI=1S/C41H46N8O6S/c1-22-35(56-21-44-22)24-11-9-23(10-12-24)18-42-39(54)32-16-26(50)20-49(32)40(55)36(41(2,3)4)46-34(52)19-43-38(53)25-13-14-30-28(15-25)29-17-31(47-48-37(29)45-30)27-7-5-6-8-33(27)51/h5-12,17,21,25-26,32,36,50-51H,13-16,18-20H2,1-4H3,(H,42,54)(H,43,53)(H,45,48)(H,46,52)/t25-,26+,32-,36+/m0/s1. The molecule has 0 unspecified atom stereocenters. The van der Waals surface area contributed by atoms with Crippen LogP contribution in [0.3, 0.4) is 0 Å². The molecule has 15 heteroatoms. The molecule has 1 aliphatic heterocycles. The molecule has 2 aliphatic rings. The van der Waals surface area contributed by atoms with Crippen molar-refractivity contribution in [1.82, 2.24) is 41.0 Å². The van der Waals surface area contributed by atoms with Crippen LogP contribution in [0, 0.1) is 18.3 Å². The Labute approximate surface area is 328 Å². The van der Waals surface area contributed by atoms with Gasteiger partial charge in [0.2, 0.25) is 23.6 Å². The molecule has 3 aromatic heterocycles. The monoisotopic (exact) mass is 778 g/mol. The summed E-state index contributed by atoms with van der Waals surface area (Å²) in [5.74, 6) is -2.01. The molecule has 4 heterocycles. The fourth-order valence-electron chi connectivity index (χ4n) is 7.56. The summed E-state index contributed by atoms with van der Waals surface area (Å²) in [7, 11) is 0. The maximum atomic E-state index is 14.1. The number of benzene rings is 2. The fourth-order valence-corrected chi connectivity index (χ4v) is 8.37. The van der Waals surface area contributed by atoms with E-state index in [9.17, 15) is 29.4 Å². The number of nitrogens with one attached hydrogen (secondary N) is 4. The largest absolute Gasteiger partial charge is 0.507 e.